The predicted octanol–water partition coefficient (Wildman–Crippen LogP) is 0.326. The van der Waals surface area contributed by atoms with Gasteiger partial charge in [0.2, 0.25) is 5.91 Å². The maximum atomic E-state index is 11.2. The number of rotatable bonds is 6. The van der Waals surface area contributed by atoms with E-state index in [0.717, 1.165) is 0 Å². The van der Waals surface area contributed by atoms with Crippen LogP contribution in [0.1, 0.15) is 27.2 Å². The van der Waals surface area contributed by atoms with Crippen LogP contribution in [-0.4, -0.2) is 31.3 Å². The SMILES string of the molecule is CNC(C)C(=O)NCCC(=O)C(C)C. The number of ketones is 1. The van der Waals surface area contributed by atoms with Gasteiger partial charge >= 0.3 is 0 Å². The predicted molar refractivity (Wildman–Crippen MR) is 56.0 cm³/mol. The highest BCUT2D eigenvalue weighted by atomic mass is 16.2. The molecular weight excluding hydrogens is 180 g/mol. The maximum absolute atomic E-state index is 11.2. The summed E-state index contributed by atoms with van der Waals surface area (Å²) in [5.74, 6) is 0.167. The molecule has 0 aromatic rings. The third-order valence-corrected chi connectivity index (χ3v) is 2.14. The van der Waals surface area contributed by atoms with Crippen molar-refractivity contribution in [2.24, 2.45) is 5.92 Å². The molecule has 0 saturated heterocycles. The fourth-order valence-corrected chi connectivity index (χ4v) is 0.882. The van der Waals surface area contributed by atoms with Gasteiger partial charge in [-0.1, -0.05) is 13.8 Å². The highest BCUT2D eigenvalue weighted by Gasteiger charge is 2.11. The topological polar surface area (TPSA) is 58.2 Å². The molecule has 0 saturated carbocycles. The van der Waals surface area contributed by atoms with E-state index in [4.69, 9.17) is 0 Å². The second-order valence-corrected chi connectivity index (χ2v) is 3.67. The highest BCUT2D eigenvalue weighted by Crippen LogP contribution is 1.97. The molecule has 0 heterocycles. The average Bonchev–Trinajstić information content (AvgIpc) is 2.15. The zero-order chi connectivity index (χ0) is 11.1. The van der Waals surface area contributed by atoms with E-state index in [-0.39, 0.29) is 23.7 Å². The van der Waals surface area contributed by atoms with Crippen LogP contribution in [0.4, 0.5) is 0 Å². The van der Waals surface area contributed by atoms with Crippen molar-refractivity contribution in [3.8, 4) is 0 Å². The van der Waals surface area contributed by atoms with Crippen LogP contribution >= 0.6 is 0 Å². The van der Waals surface area contributed by atoms with Gasteiger partial charge in [0.25, 0.3) is 0 Å². The largest absolute Gasteiger partial charge is 0.354 e. The summed E-state index contributed by atoms with van der Waals surface area (Å²) < 4.78 is 0. The van der Waals surface area contributed by atoms with Crippen molar-refractivity contribution >= 4 is 11.7 Å². The molecule has 4 nitrogen and oxygen atoms in total. The zero-order valence-electron chi connectivity index (χ0n) is 9.39. The summed E-state index contributed by atoms with van der Waals surface area (Å²) in [4.78, 5) is 22.4. The lowest BCUT2D eigenvalue weighted by Crippen LogP contribution is -2.41. The van der Waals surface area contributed by atoms with Gasteiger partial charge in [-0.2, -0.15) is 0 Å². The second-order valence-electron chi connectivity index (χ2n) is 3.67. The van der Waals surface area contributed by atoms with Gasteiger partial charge < -0.3 is 10.6 Å². The van der Waals surface area contributed by atoms with Crippen molar-refractivity contribution in [1.29, 1.82) is 0 Å². The third kappa shape index (κ3) is 4.97. The Morgan fingerprint density at radius 2 is 1.79 bits per heavy atom. The molecule has 1 amide bonds. The molecule has 0 rings (SSSR count). The molecule has 0 aliphatic rings. The Kier molecular flexibility index (Phi) is 6.12. The number of likely N-dealkylation sites (N-methyl/N-ethyl adjacent to an activating group) is 1. The Labute approximate surface area is 85.4 Å². The minimum Gasteiger partial charge on any atom is -0.354 e. The molecule has 14 heavy (non-hydrogen) atoms. The van der Waals surface area contributed by atoms with Crippen molar-refractivity contribution in [1.82, 2.24) is 10.6 Å². The van der Waals surface area contributed by atoms with Crippen LogP contribution in [0.25, 0.3) is 0 Å². The van der Waals surface area contributed by atoms with Crippen LogP contribution < -0.4 is 10.6 Å². The summed E-state index contributed by atoms with van der Waals surface area (Å²) in [6, 6.07) is -0.204. The molecule has 0 aliphatic carbocycles. The molecule has 0 bridgehead atoms. The lowest BCUT2D eigenvalue weighted by molar-refractivity contribution is -0.123. The summed E-state index contributed by atoms with van der Waals surface area (Å²) in [7, 11) is 1.73. The number of nitrogens with one attached hydrogen (secondary N) is 2. The fraction of sp³-hybridized carbons (Fsp3) is 0.800. The summed E-state index contributed by atoms with van der Waals surface area (Å²) in [5.41, 5.74) is 0. The van der Waals surface area contributed by atoms with E-state index >= 15 is 0 Å². The summed E-state index contributed by atoms with van der Waals surface area (Å²) in [6.07, 6.45) is 0.417. The van der Waals surface area contributed by atoms with Crippen LogP contribution in [0.5, 0.6) is 0 Å². The lowest BCUT2D eigenvalue weighted by atomic mass is 10.1. The van der Waals surface area contributed by atoms with Gasteiger partial charge in [0.05, 0.1) is 6.04 Å². The van der Waals surface area contributed by atoms with E-state index in [9.17, 15) is 9.59 Å². The number of amides is 1. The molecule has 82 valence electrons. The zero-order valence-corrected chi connectivity index (χ0v) is 9.39. The summed E-state index contributed by atoms with van der Waals surface area (Å²) in [5, 5.41) is 5.53. The van der Waals surface area contributed by atoms with E-state index in [1.165, 1.54) is 0 Å². The average molecular weight is 200 g/mol. The normalized spacial score (nSPS) is 12.6. The van der Waals surface area contributed by atoms with E-state index in [1.54, 1.807) is 14.0 Å². The van der Waals surface area contributed by atoms with Gasteiger partial charge in [-0.15, -0.1) is 0 Å². The quantitative estimate of drug-likeness (QED) is 0.649. The fourth-order valence-electron chi connectivity index (χ4n) is 0.882. The monoisotopic (exact) mass is 200 g/mol. The Bertz CT molecular complexity index is 202. The number of Topliss-reactive ketones (excluding diaryl/α,β-unsaturated/α-hetero) is 1. The minimum atomic E-state index is -0.204. The smallest absolute Gasteiger partial charge is 0.236 e. The molecule has 1 atom stereocenters. The first kappa shape index (κ1) is 13.1. The van der Waals surface area contributed by atoms with Crippen LogP contribution in [0.2, 0.25) is 0 Å². The first-order valence-corrected chi connectivity index (χ1v) is 4.96. The van der Waals surface area contributed by atoms with Gasteiger partial charge in [0.15, 0.2) is 0 Å². The van der Waals surface area contributed by atoms with E-state index in [0.29, 0.717) is 13.0 Å². The van der Waals surface area contributed by atoms with Crippen LogP contribution in [0.3, 0.4) is 0 Å². The first-order chi connectivity index (χ1) is 6.49. The Morgan fingerprint density at radius 3 is 2.21 bits per heavy atom. The highest BCUT2D eigenvalue weighted by molar-refractivity contribution is 5.83. The summed E-state index contributed by atoms with van der Waals surface area (Å²) in [6.45, 7) is 5.93. The van der Waals surface area contributed by atoms with Gasteiger partial charge in [-0.3, -0.25) is 9.59 Å². The van der Waals surface area contributed by atoms with Gasteiger partial charge in [0, 0.05) is 18.9 Å². The third-order valence-electron chi connectivity index (χ3n) is 2.14. The summed E-state index contributed by atoms with van der Waals surface area (Å²) >= 11 is 0. The molecule has 0 aromatic heterocycles. The molecule has 0 aliphatic heterocycles. The van der Waals surface area contributed by atoms with E-state index < -0.39 is 0 Å². The molecule has 2 N–H and O–H groups in total. The standard InChI is InChI=1S/C10H20N2O2/c1-7(2)9(13)5-6-12-10(14)8(3)11-4/h7-8,11H,5-6H2,1-4H3,(H,12,14). The second kappa shape index (κ2) is 6.54. The van der Waals surface area contributed by atoms with Crippen LogP contribution in [0, 0.1) is 5.92 Å². The number of carbonyl (C=O) groups excluding carboxylic acids is 2. The molecule has 1 unspecified atom stereocenters. The Morgan fingerprint density at radius 1 is 1.21 bits per heavy atom. The number of hydrogen-bond donors (Lipinski definition) is 2. The molecule has 0 fully saturated rings. The molecule has 0 radical (unpaired) electrons. The molecule has 0 aromatic carbocycles. The molecule has 0 spiro atoms. The number of carbonyl (C=O) groups is 2. The Balaban J connectivity index is 3.64. The first-order valence-electron chi connectivity index (χ1n) is 4.96. The van der Waals surface area contributed by atoms with Crippen molar-refractivity contribution in [3.05, 3.63) is 0 Å². The Hall–Kier alpha value is -0.900. The maximum Gasteiger partial charge on any atom is 0.236 e. The van der Waals surface area contributed by atoms with Crippen molar-refractivity contribution < 1.29 is 9.59 Å². The molecular formula is C10H20N2O2. The van der Waals surface area contributed by atoms with Gasteiger partial charge in [-0.05, 0) is 14.0 Å². The minimum absolute atomic E-state index is 0.0497. The molecule has 4 heteroatoms. The van der Waals surface area contributed by atoms with Crippen molar-refractivity contribution in [2.45, 2.75) is 33.2 Å². The van der Waals surface area contributed by atoms with Gasteiger partial charge in [-0.25, -0.2) is 0 Å². The van der Waals surface area contributed by atoms with E-state index in [2.05, 4.69) is 10.6 Å². The number of hydrogen-bond acceptors (Lipinski definition) is 3. The van der Waals surface area contributed by atoms with Crippen molar-refractivity contribution in [3.63, 3.8) is 0 Å². The van der Waals surface area contributed by atoms with Gasteiger partial charge in [0.1, 0.15) is 5.78 Å². The lowest BCUT2D eigenvalue weighted by Gasteiger charge is -2.11. The van der Waals surface area contributed by atoms with Crippen molar-refractivity contribution in [2.75, 3.05) is 13.6 Å². The van der Waals surface area contributed by atoms with Crippen LogP contribution in [-0.2, 0) is 9.59 Å². The van der Waals surface area contributed by atoms with Crippen LogP contribution in [0.15, 0.2) is 0 Å². The van der Waals surface area contributed by atoms with E-state index in [1.807, 2.05) is 13.8 Å².